The Labute approximate surface area is 173 Å². The predicted octanol–water partition coefficient (Wildman–Crippen LogP) is 4.65. The van der Waals surface area contributed by atoms with Crippen LogP contribution in [-0.4, -0.2) is 25.6 Å². The molecule has 2 N–H and O–H groups in total. The summed E-state index contributed by atoms with van der Waals surface area (Å²) in [5.74, 6) is 0.358. The highest BCUT2D eigenvalue weighted by Gasteiger charge is 2.24. The van der Waals surface area contributed by atoms with Crippen LogP contribution in [0.4, 0.5) is 5.69 Å². The van der Waals surface area contributed by atoms with Crippen LogP contribution in [0.2, 0.25) is 0 Å². The van der Waals surface area contributed by atoms with Crippen molar-refractivity contribution in [2.75, 3.05) is 11.1 Å². The van der Waals surface area contributed by atoms with Gasteiger partial charge in [0.25, 0.3) is 0 Å². The number of carbonyl (C=O) groups is 1. The minimum atomic E-state index is -3.74. The quantitative estimate of drug-likeness (QED) is 0.577. The van der Waals surface area contributed by atoms with Gasteiger partial charge < -0.3 is 5.32 Å². The molecule has 0 spiro atoms. The zero-order valence-electron chi connectivity index (χ0n) is 15.5. The number of para-hydroxylation sites is 1. The van der Waals surface area contributed by atoms with Crippen LogP contribution in [0, 0.1) is 0 Å². The molecule has 0 saturated carbocycles. The van der Waals surface area contributed by atoms with Gasteiger partial charge in [0, 0.05) is 27.1 Å². The topological polar surface area (TPSA) is 75.3 Å². The Morgan fingerprint density at radius 1 is 1.07 bits per heavy atom. The predicted molar refractivity (Wildman–Crippen MR) is 115 cm³/mol. The van der Waals surface area contributed by atoms with E-state index in [1.165, 1.54) is 6.07 Å². The van der Waals surface area contributed by atoms with Crippen molar-refractivity contribution in [2.24, 2.45) is 0 Å². The zero-order chi connectivity index (χ0) is 20.1. The van der Waals surface area contributed by atoms with Gasteiger partial charge in [0.05, 0.1) is 5.69 Å². The van der Waals surface area contributed by atoms with E-state index >= 15 is 0 Å². The first-order valence-electron chi connectivity index (χ1n) is 8.39. The molecule has 27 heavy (non-hydrogen) atoms. The van der Waals surface area contributed by atoms with E-state index in [2.05, 4.69) is 26.0 Å². The van der Waals surface area contributed by atoms with Crippen molar-refractivity contribution < 1.29 is 13.2 Å². The third kappa shape index (κ3) is 6.95. The minimum absolute atomic E-state index is 0.0618. The van der Waals surface area contributed by atoms with Gasteiger partial charge in [-0.1, -0.05) is 24.3 Å². The number of carbonyl (C=O) groups excluding carboxylic acids is 1. The Morgan fingerprint density at radius 3 is 2.37 bits per heavy atom. The van der Waals surface area contributed by atoms with Gasteiger partial charge in [-0.2, -0.15) is 0 Å². The fourth-order valence-corrected chi connectivity index (χ4v) is 5.39. The Kier molecular flexibility index (Phi) is 7.50. The van der Waals surface area contributed by atoms with Crippen LogP contribution in [0.5, 0.6) is 0 Å². The van der Waals surface area contributed by atoms with E-state index in [1.54, 1.807) is 50.7 Å². The lowest BCUT2D eigenvalue weighted by atomic mass is 10.1. The van der Waals surface area contributed by atoms with Crippen molar-refractivity contribution in [3.8, 4) is 0 Å². The van der Waals surface area contributed by atoms with E-state index in [1.807, 2.05) is 24.3 Å². The van der Waals surface area contributed by atoms with Gasteiger partial charge in [0.15, 0.2) is 0 Å². The number of amides is 1. The van der Waals surface area contributed by atoms with Gasteiger partial charge in [-0.3, -0.25) is 4.79 Å². The van der Waals surface area contributed by atoms with Gasteiger partial charge in [-0.05, 0) is 61.0 Å². The van der Waals surface area contributed by atoms with E-state index in [9.17, 15) is 13.2 Å². The maximum absolute atomic E-state index is 12.6. The Morgan fingerprint density at radius 2 is 1.70 bits per heavy atom. The van der Waals surface area contributed by atoms with E-state index in [4.69, 9.17) is 0 Å². The lowest BCUT2D eigenvalue weighted by Gasteiger charge is -2.21. The highest BCUT2D eigenvalue weighted by Crippen LogP contribution is 2.28. The van der Waals surface area contributed by atoms with Crippen LogP contribution >= 0.6 is 27.7 Å². The van der Waals surface area contributed by atoms with Crippen molar-refractivity contribution in [1.82, 2.24) is 4.72 Å². The molecule has 0 bridgehead atoms. The summed E-state index contributed by atoms with van der Waals surface area (Å²) in [5, 5.41) is 2.72. The number of halogens is 1. The third-order valence-electron chi connectivity index (χ3n) is 3.31. The molecule has 0 fully saturated rings. The molecule has 2 aromatic carbocycles. The molecular weight excluding hydrogens is 448 g/mol. The van der Waals surface area contributed by atoms with Gasteiger partial charge in [0.2, 0.25) is 15.9 Å². The summed E-state index contributed by atoms with van der Waals surface area (Å²) in [4.78, 5) is 13.4. The molecule has 0 aliphatic carbocycles. The Hall–Kier alpha value is -1.35. The van der Waals surface area contributed by atoms with Crippen molar-refractivity contribution in [1.29, 1.82) is 0 Å². The zero-order valence-corrected chi connectivity index (χ0v) is 18.7. The lowest BCUT2D eigenvalue weighted by molar-refractivity contribution is -0.115. The maximum Gasteiger partial charge on any atom is 0.243 e. The summed E-state index contributed by atoms with van der Waals surface area (Å²) >= 11 is 5.04. The molecule has 1 amide bonds. The van der Waals surface area contributed by atoms with Gasteiger partial charge in [-0.15, -0.1) is 11.8 Å². The molecule has 2 aromatic rings. The molecule has 2 rings (SSSR count). The van der Waals surface area contributed by atoms with Crippen LogP contribution in [0.1, 0.15) is 27.2 Å². The summed E-state index contributed by atoms with van der Waals surface area (Å²) in [6.45, 7) is 5.31. The van der Waals surface area contributed by atoms with E-state index < -0.39 is 15.6 Å². The molecule has 146 valence electrons. The van der Waals surface area contributed by atoms with Crippen molar-refractivity contribution in [3.63, 3.8) is 0 Å². The molecule has 0 saturated heterocycles. The summed E-state index contributed by atoms with van der Waals surface area (Å²) in [5.41, 5.74) is -0.333. The molecule has 0 atom stereocenters. The molecule has 0 radical (unpaired) electrons. The van der Waals surface area contributed by atoms with Crippen LogP contribution in [0.25, 0.3) is 0 Å². The number of hydrogen-bond acceptors (Lipinski definition) is 4. The van der Waals surface area contributed by atoms with Crippen LogP contribution in [0.3, 0.4) is 0 Å². The first-order valence-corrected chi connectivity index (χ1v) is 11.6. The minimum Gasteiger partial charge on any atom is -0.325 e. The lowest BCUT2D eigenvalue weighted by Crippen LogP contribution is -2.40. The number of nitrogens with one attached hydrogen (secondary N) is 2. The Balaban J connectivity index is 2.03. The standard InChI is InChI=1S/C19H23BrN2O3S2/c1-19(2,3)22-27(24,25)17-11-7-5-9-15(17)21-18(23)12-13-26-16-10-6-4-8-14(16)20/h4-11,22H,12-13H2,1-3H3,(H,21,23). The van der Waals surface area contributed by atoms with Crippen molar-refractivity contribution in [2.45, 2.75) is 42.5 Å². The number of benzene rings is 2. The average molecular weight is 471 g/mol. The second-order valence-corrected chi connectivity index (χ2v) is 10.6. The number of anilines is 1. The van der Waals surface area contributed by atoms with Gasteiger partial charge in [-0.25, -0.2) is 13.1 Å². The molecule has 5 nitrogen and oxygen atoms in total. The first-order chi connectivity index (χ1) is 12.6. The normalized spacial score (nSPS) is 12.0. The highest BCUT2D eigenvalue weighted by atomic mass is 79.9. The smallest absolute Gasteiger partial charge is 0.243 e. The molecule has 8 heteroatoms. The molecule has 0 aromatic heterocycles. The van der Waals surface area contributed by atoms with E-state index in [0.29, 0.717) is 5.75 Å². The average Bonchev–Trinajstić information content (AvgIpc) is 2.55. The summed E-state index contributed by atoms with van der Waals surface area (Å²) in [6.07, 6.45) is 0.271. The summed E-state index contributed by atoms with van der Waals surface area (Å²) in [7, 11) is -3.74. The van der Waals surface area contributed by atoms with Gasteiger partial charge >= 0.3 is 0 Å². The number of hydrogen-bond donors (Lipinski definition) is 2. The van der Waals surface area contributed by atoms with Crippen molar-refractivity contribution >= 4 is 49.3 Å². The highest BCUT2D eigenvalue weighted by molar-refractivity contribution is 9.10. The van der Waals surface area contributed by atoms with E-state index in [0.717, 1.165) is 9.37 Å². The second kappa shape index (κ2) is 9.23. The Bertz CT molecular complexity index is 909. The molecule has 0 aliphatic heterocycles. The number of rotatable bonds is 7. The van der Waals surface area contributed by atoms with Crippen molar-refractivity contribution in [3.05, 3.63) is 53.0 Å². The summed E-state index contributed by atoms with van der Waals surface area (Å²) < 4.78 is 28.8. The third-order valence-corrected chi connectivity index (χ3v) is 7.16. The second-order valence-electron chi connectivity index (χ2n) is 6.93. The van der Waals surface area contributed by atoms with Gasteiger partial charge in [0.1, 0.15) is 4.90 Å². The summed E-state index contributed by atoms with van der Waals surface area (Å²) in [6, 6.07) is 14.2. The molecular formula is C19H23BrN2O3S2. The van der Waals surface area contributed by atoms with Crippen LogP contribution in [-0.2, 0) is 14.8 Å². The molecule has 0 heterocycles. The maximum atomic E-state index is 12.6. The first kappa shape index (κ1) is 21.9. The van der Waals surface area contributed by atoms with E-state index in [-0.39, 0.29) is 22.9 Å². The SMILES string of the molecule is CC(C)(C)NS(=O)(=O)c1ccccc1NC(=O)CCSc1ccccc1Br. The fourth-order valence-electron chi connectivity index (χ4n) is 2.29. The number of sulfonamides is 1. The monoisotopic (exact) mass is 470 g/mol. The molecule has 0 unspecified atom stereocenters. The largest absolute Gasteiger partial charge is 0.325 e. The van der Waals surface area contributed by atoms with Crippen LogP contribution < -0.4 is 10.0 Å². The molecule has 0 aliphatic rings. The van der Waals surface area contributed by atoms with Crippen LogP contribution in [0.15, 0.2) is 62.8 Å². The fraction of sp³-hybridized carbons (Fsp3) is 0.316. The number of thioether (sulfide) groups is 1.